The van der Waals surface area contributed by atoms with E-state index in [1.807, 2.05) is 36.1 Å². The quantitative estimate of drug-likeness (QED) is 0.352. The van der Waals surface area contributed by atoms with Gasteiger partial charge in [-0.1, -0.05) is 25.1 Å². The minimum absolute atomic E-state index is 0. The predicted molar refractivity (Wildman–Crippen MR) is 121 cm³/mol. The van der Waals surface area contributed by atoms with Crippen molar-refractivity contribution in [2.24, 2.45) is 10.9 Å². The van der Waals surface area contributed by atoms with Gasteiger partial charge in [-0.15, -0.1) is 24.0 Å². The summed E-state index contributed by atoms with van der Waals surface area (Å²) in [6.45, 7) is 7.91. The molecular weight excluding hydrogens is 455 g/mol. The van der Waals surface area contributed by atoms with Crippen LogP contribution < -0.4 is 15.4 Å². The van der Waals surface area contributed by atoms with Crippen LogP contribution in [-0.4, -0.2) is 50.1 Å². The second kappa shape index (κ2) is 12.8. The molecule has 6 nitrogen and oxygen atoms in total. The number of hydrogen-bond donors (Lipinski definition) is 2. The Morgan fingerprint density at radius 2 is 2.11 bits per heavy atom. The second-order valence-electron chi connectivity index (χ2n) is 6.77. The number of carbonyl (C=O) groups excluding carboxylic acids is 1. The van der Waals surface area contributed by atoms with Gasteiger partial charge in [0.1, 0.15) is 5.75 Å². The number of guanidine groups is 1. The predicted octanol–water partition coefficient (Wildman–Crippen LogP) is 3.02. The fraction of sp³-hybridized carbons (Fsp3) is 0.600. The van der Waals surface area contributed by atoms with E-state index in [2.05, 4.69) is 22.5 Å². The van der Waals surface area contributed by atoms with E-state index in [1.54, 1.807) is 7.11 Å². The summed E-state index contributed by atoms with van der Waals surface area (Å²) in [4.78, 5) is 19.0. The summed E-state index contributed by atoms with van der Waals surface area (Å²) in [6, 6.07) is 7.87. The van der Waals surface area contributed by atoms with Crippen LogP contribution in [0.15, 0.2) is 29.3 Å². The highest BCUT2D eigenvalue weighted by atomic mass is 127. The SMILES string of the molecule is CCNC(=NCc1ccccc1OC)NCCC(=O)N1CCCC(C)C1.I. The molecule has 27 heavy (non-hydrogen) atoms. The highest BCUT2D eigenvalue weighted by molar-refractivity contribution is 14.0. The highest BCUT2D eigenvalue weighted by Crippen LogP contribution is 2.18. The molecule has 1 amide bonds. The van der Waals surface area contributed by atoms with E-state index in [1.165, 1.54) is 6.42 Å². The van der Waals surface area contributed by atoms with Crippen LogP contribution in [-0.2, 0) is 11.3 Å². The minimum Gasteiger partial charge on any atom is -0.496 e. The number of benzene rings is 1. The van der Waals surface area contributed by atoms with Crippen LogP contribution in [0.3, 0.4) is 0 Å². The third-order valence-corrected chi connectivity index (χ3v) is 4.59. The summed E-state index contributed by atoms with van der Waals surface area (Å²) in [5, 5.41) is 6.48. The molecule has 1 heterocycles. The maximum Gasteiger partial charge on any atom is 0.224 e. The summed E-state index contributed by atoms with van der Waals surface area (Å²) in [6.07, 6.45) is 2.83. The van der Waals surface area contributed by atoms with Crippen molar-refractivity contribution in [3.05, 3.63) is 29.8 Å². The van der Waals surface area contributed by atoms with E-state index in [9.17, 15) is 4.79 Å². The average Bonchev–Trinajstić information content (AvgIpc) is 2.66. The molecule has 1 aromatic rings. The maximum absolute atomic E-state index is 12.4. The Morgan fingerprint density at radius 3 is 2.81 bits per heavy atom. The molecule has 0 radical (unpaired) electrons. The summed E-state index contributed by atoms with van der Waals surface area (Å²) in [7, 11) is 1.67. The van der Waals surface area contributed by atoms with Gasteiger partial charge >= 0.3 is 0 Å². The molecule has 0 aromatic heterocycles. The topological polar surface area (TPSA) is 66.0 Å². The van der Waals surface area contributed by atoms with Crippen molar-refractivity contribution in [1.29, 1.82) is 0 Å². The van der Waals surface area contributed by atoms with E-state index in [0.29, 0.717) is 25.4 Å². The molecule has 152 valence electrons. The molecule has 2 rings (SSSR count). The van der Waals surface area contributed by atoms with Gasteiger partial charge in [-0.3, -0.25) is 4.79 Å². The van der Waals surface area contributed by atoms with Crippen molar-refractivity contribution >= 4 is 35.8 Å². The number of carbonyl (C=O) groups is 1. The smallest absolute Gasteiger partial charge is 0.224 e. The summed E-state index contributed by atoms with van der Waals surface area (Å²) in [5.41, 5.74) is 1.03. The first-order valence-corrected chi connectivity index (χ1v) is 9.55. The molecule has 0 spiro atoms. The van der Waals surface area contributed by atoms with Gasteiger partial charge in [0.2, 0.25) is 5.91 Å². The van der Waals surface area contributed by atoms with Gasteiger partial charge < -0.3 is 20.3 Å². The molecule has 1 fully saturated rings. The van der Waals surface area contributed by atoms with Crippen LogP contribution in [0.2, 0.25) is 0 Å². The van der Waals surface area contributed by atoms with Crippen molar-refractivity contribution < 1.29 is 9.53 Å². The zero-order chi connectivity index (χ0) is 18.8. The molecular formula is C20H33IN4O2. The molecule has 1 aromatic carbocycles. The van der Waals surface area contributed by atoms with Gasteiger partial charge in [-0.05, 0) is 31.7 Å². The molecule has 0 saturated carbocycles. The lowest BCUT2D eigenvalue weighted by Crippen LogP contribution is -2.42. The monoisotopic (exact) mass is 488 g/mol. The van der Waals surface area contributed by atoms with Crippen molar-refractivity contribution in [2.45, 2.75) is 39.7 Å². The number of methoxy groups -OCH3 is 1. The molecule has 1 aliphatic heterocycles. The van der Waals surface area contributed by atoms with Crippen molar-refractivity contribution in [3.8, 4) is 5.75 Å². The number of halogens is 1. The number of rotatable bonds is 7. The van der Waals surface area contributed by atoms with Crippen molar-refractivity contribution in [3.63, 3.8) is 0 Å². The first-order valence-electron chi connectivity index (χ1n) is 9.55. The Balaban J connectivity index is 0.00000364. The Morgan fingerprint density at radius 1 is 1.33 bits per heavy atom. The molecule has 7 heteroatoms. The Labute approximate surface area is 180 Å². The van der Waals surface area contributed by atoms with E-state index in [0.717, 1.165) is 43.3 Å². The Hall–Kier alpha value is -1.51. The number of para-hydroxylation sites is 1. The van der Waals surface area contributed by atoms with Gasteiger partial charge in [-0.2, -0.15) is 0 Å². The normalized spacial score (nSPS) is 17.1. The van der Waals surface area contributed by atoms with Crippen LogP contribution in [0.5, 0.6) is 5.75 Å². The summed E-state index contributed by atoms with van der Waals surface area (Å²) < 4.78 is 5.37. The van der Waals surface area contributed by atoms with Crippen LogP contribution in [0.4, 0.5) is 0 Å². The van der Waals surface area contributed by atoms with Gasteiger partial charge in [0.25, 0.3) is 0 Å². The fourth-order valence-corrected chi connectivity index (χ4v) is 3.20. The number of piperidine rings is 1. The first kappa shape index (κ1) is 23.5. The van der Waals surface area contributed by atoms with Gasteiger partial charge in [0, 0.05) is 38.2 Å². The first-order chi connectivity index (χ1) is 12.6. The van der Waals surface area contributed by atoms with Gasteiger partial charge in [-0.25, -0.2) is 4.99 Å². The number of hydrogen-bond acceptors (Lipinski definition) is 3. The lowest BCUT2D eigenvalue weighted by molar-refractivity contribution is -0.132. The zero-order valence-electron chi connectivity index (χ0n) is 16.7. The Kier molecular flexibility index (Phi) is 11.2. The van der Waals surface area contributed by atoms with Crippen molar-refractivity contribution in [2.75, 3.05) is 33.3 Å². The molecule has 2 N–H and O–H groups in total. The number of likely N-dealkylation sites (tertiary alicyclic amines) is 1. The van der Waals surface area contributed by atoms with Crippen LogP contribution in [0.25, 0.3) is 0 Å². The number of ether oxygens (including phenoxy) is 1. The largest absolute Gasteiger partial charge is 0.496 e. The van der Waals surface area contributed by atoms with Crippen LogP contribution in [0.1, 0.15) is 38.7 Å². The van der Waals surface area contributed by atoms with Crippen LogP contribution in [0, 0.1) is 5.92 Å². The third kappa shape index (κ3) is 7.94. The molecule has 1 saturated heterocycles. The average molecular weight is 488 g/mol. The number of aliphatic imine (C=N–C) groups is 1. The Bertz CT molecular complexity index is 609. The van der Waals surface area contributed by atoms with Crippen LogP contribution >= 0.6 is 24.0 Å². The van der Waals surface area contributed by atoms with E-state index in [4.69, 9.17) is 4.74 Å². The fourth-order valence-electron chi connectivity index (χ4n) is 3.20. The molecule has 1 aliphatic rings. The van der Waals surface area contributed by atoms with Gasteiger partial charge in [0.15, 0.2) is 5.96 Å². The zero-order valence-corrected chi connectivity index (χ0v) is 19.0. The minimum atomic E-state index is 0. The number of nitrogens with zero attached hydrogens (tertiary/aromatic N) is 2. The maximum atomic E-state index is 12.4. The lowest BCUT2D eigenvalue weighted by atomic mass is 10.00. The van der Waals surface area contributed by atoms with E-state index >= 15 is 0 Å². The molecule has 1 atom stereocenters. The summed E-state index contributed by atoms with van der Waals surface area (Å²) in [5.74, 6) is 2.39. The highest BCUT2D eigenvalue weighted by Gasteiger charge is 2.20. The number of amides is 1. The van der Waals surface area contributed by atoms with E-state index < -0.39 is 0 Å². The lowest BCUT2D eigenvalue weighted by Gasteiger charge is -2.31. The van der Waals surface area contributed by atoms with Crippen molar-refractivity contribution in [1.82, 2.24) is 15.5 Å². The third-order valence-electron chi connectivity index (χ3n) is 4.59. The molecule has 0 bridgehead atoms. The number of nitrogens with one attached hydrogen (secondary N) is 2. The second-order valence-corrected chi connectivity index (χ2v) is 6.77. The summed E-state index contributed by atoms with van der Waals surface area (Å²) >= 11 is 0. The molecule has 1 unspecified atom stereocenters. The standard InChI is InChI=1S/C20H32N4O2.HI/c1-4-21-20(23-14-17-9-5-6-10-18(17)26-3)22-12-11-19(25)24-13-7-8-16(2)15-24;/h5-6,9-10,16H,4,7-8,11-15H2,1-3H3,(H2,21,22,23);1H. The van der Waals surface area contributed by atoms with Gasteiger partial charge in [0.05, 0.1) is 13.7 Å². The molecule has 0 aliphatic carbocycles. The van der Waals surface area contributed by atoms with E-state index in [-0.39, 0.29) is 29.9 Å².